The molecule has 3 nitrogen and oxygen atoms in total. The van der Waals surface area contributed by atoms with Crippen molar-refractivity contribution in [3.8, 4) is 0 Å². The van der Waals surface area contributed by atoms with Gasteiger partial charge in [-0.25, -0.2) is 0 Å². The lowest BCUT2D eigenvalue weighted by Crippen LogP contribution is -2.58. The third kappa shape index (κ3) is 2.92. The van der Waals surface area contributed by atoms with Gasteiger partial charge in [0.05, 0.1) is 11.7 Å². The molecule has 2 saturated heterocycles. The van der Waals surface area contributed by atoms with Crippen LogP contribution in [0.4, 0.5) is 0 Å². The zero-order valence-corrected chi connectivity index (χ0v) is 10.3. The Bertz CT molecular complexity index is 212. The van der Waals surface area contributed by atoms with E-state index in [0.717, 1.165) is 25.7 Å². The van der Waals surface area contributed by atoms with Crippen molar-refractivity contribution in [2.45, 2.75) is 51.4 Å². The molecule has 0 aromatic heterocycles. The minimum absolute atomic E-state index is 0.0229. The SMILES string of the molecule is CC1CN(C2CCCNC2)CC(C)(C)O1. The van der Waals surface area contributed by atoms with Gasteiger partial charge in [0.15, 0.2) is 0 Å². The Labute approximate surface area is 93.2 Å². The van der Waals surface area contributed by atoms with Crippen molar-refractivity contribution >= 4 is 0 Å². The molecule has 3 heteroatoms. The minimum atomic E-state index is 0.0229. The van der Waals surface area contributed by atoms with Crippen LogP contribution < -0.4 is 5.32 Å². The van der Waals surface area contributed by atoms with Crippen molar-refractivity contribution in [2.75, 3.05) is 26.2 Å². The molecule has 0 amide bonds. The minimum Gasteiger partial charge on any atom is -0.370 e. The summed E-state index contributed by atoms with van der Waals surface area (Å²) in [6.45, 7) is 11.1. The number of nitrogens with zero attached hydrogens (tertiary/aromatic N) is 1. The predicted octanol–water partition coefficient (Wildman–Crippen LogP) is 1.24. The number of nitrogens with one attached hydrogen (secondary N) is 1. The van der Waals surface area contributed by atoms with Crippen LogP contribution in [0.15, 0.2) is 0 Å². The Kier molecular flexibility index (Phi) is 3.33. The lowest BCUT2D eigenvalue weighted by Gasteiger charge is -2.46. The molecule has 1 N–H and O–H groups in total. The zero-order valence-electron chi connectivity index (χ0n) is 10.3. The highest BCUT2D eigenvalue weighted by molar-refractivity contribution is 4.88. The van der Waals surface area contributed by atoms with Gasteiger partial charge in [0.1, 0.15) is 0 Å². The molecule has 2 atom stereocenters. The van der Waals surface area contributed by atoms with E-state index in [1.165, 1.54) is 19.4 Å². The van der Waals surface area contributed by atoms with Crippen LogP contribution in [0.3, 0.4) is 0 Å². The Morgan fingerprint density at radius 1 is 1.40 bits per heavy atom. The van der Waals surface area contributed by atoms with E-state index in [0.29, 0.717) is 6.10 Å². The van der Waals surface area contributed by atoms with E-state index in [1.54, 1.807) is 0 Å². The molecule has 15 heavy (non-hydrogen) atoms. The summed E-state index contributed by atoms with van der Waals surface area (Å²) < 4.78 is 5.93. The predicted molar refractivity (Wildman–Crippen MR) is 62.1 cm³/mol. The first-order chi connectivity index (χ1) is 7.07. The molecule has 2 rings (SSSR count). The van der Waals surface area contributed by atoms with E-state index >= 15 is 0 Å². The van der Waals surface area contributed by atoms with Gasteiger partial charge in [-0.1, -0.05) is 0 Å². The van der Waals surface area contributed by atoms with Crippen LogP contribution in [-0.2, 0) is 4.74 Å². The van der Waals surface area contributed by atoms with Crippen molar-refractivity contribution in [3.05, 3.63) is 0 Å². The van der Waals surface area contributed by atoms with Gasteiger partial charge in [-0.2, -0.15) is 0 Å². The second-order valence-electron chi connectivity index (χ2n) is 5.62. The average Bonchev–Trinajstić information content (AvgIpc) is 2.16. The molecular formula is C12H24N2O. The molecule has 0 aromatic rings. The molecule has 2 aliphatic heterocycles. The summed E-state index contributed by atoms with van der Waals surface area (Å²) in [7, 11) is 0. The molecule has 88 valence electrons. The molecule has 0 aliphatic carbocycles. The highest BCUT2D eigenvalue weighted by Gasteiger charge is 2.34. The first kappa shape index (κ1) is 11.4. The molecule has 0 spiro atoms. The number of morpholine rings is 1. The monoisotopic (exact) mass is 212 g/mol. The Morgan fingerprint density at radius 3 is 2.80 bits per heavy atom. The molecule has 0 radical (unpaired) electrons. The lowest BCUT2D eigenvalue weighted by atomic mass is 9.99. The van der Waals surface area contributed by atoms with Crippen molar-refractivity contribution in [2.24, 2.45) is 0 Å². The molecular weight excluding hydrogens is 188 g/mol. The van der Waals surface area contributed by atoms with Gasteiger partial charge in [-0.3, -0.25) is 4.90 Å². The fourth-order valence-electron chi connectivity index (χ4n) is 2.93. The van der Waals surface area contributed by atoms with Crippen LogP contribution in [0.2, 0.25) is 0 Å². The zero-order chi connectivity index (χ0) is 10.9. The van der Waals surface area contributed by atoms with Crippen LogP contribution >= 0.6 is 0 Å². The molecule has 2 heterocycles. The maximum Gasteiger partial charge on any atom is 0.0757 e. The second kappa shape index (κ2) is 4.40. The highest BCUT2D eigenvalue weighted by atomic mass is 16.5. The van der Waals surface area contributed by atoms with E-state index in [4.69, 9.17) is 4.74 Å². The maximum atomic E-state index is 5.93. The van der Waals surface area contributed by atoms with Crippen LogP contribution in [0.5, 0.6) is 0 Å². The number of hydrogen-bond donors (Lipinski definition) is 1. The molecule has 0 aromatic carbocycles. The van der Waals surface area contributed by atoms with Gasteiger partial charge in [-0.15, -0.1) is 0 Å². The normalized spacial score (nSPS) is 37.8. The molecule has 2 unspecified atom stereocenters. The van der Waals surface area contributed by atoms with Gasteiger partial charge in [0.25, 0.3) is 0 Å². The van der Waals surface area contributed by atoms with E-state index in [2.05, 4.69) is 31.0 Å². The fourth-order valence-corrected chi connectivity index (χ4v) is 2.93. The van der Waals surface area contributed by atoms with Crippen molar-refractivity contribution in [1.82, 2.24) is 10.2 Å². The van der Waals surface area contributed by atoms with Crippen molar-refractivity contribution in [1.29, 1.82) is 0 Å². The molecule has 0 bridgehead atoms. The summed E-state index contributed by atoms with van der Waals surface area (Å²) in [5, 5.41) is 3.49. The van der Waals surface area contributed by atoms with Crippen LogP contribution in [0.1, 0.15) is 33.6 Å². The summed E-state index contributed by atoms with van der Waals surface area (Å²) in [6.07, 6.45) is 3.03. The summed E-state index contributed by atoms with van der Waals surface area (Å²) in [6, 6.07) is 0.726. The van der Waals surface area contributed by atoms with Crippen LogP contribution in [0.25, 0.3) is 0 Å². The van der Waals surface area contributed by atoms with Gasteiger partial charge in [0.2, 0.25) is 0 Å². The Hall–Kier alpha value is -0.120. The summed E-state index contributed by atoms with van der Waals surface area (Å²) in [5.74, 6) is 0. The smallest absolute Gasteiger partial charge is 0.0757 e. The third-order valence-electron chi connectivity index (χ3n) is 3.38. The van der Waals surface area contributed by atoms with E-state index in [1.807, 2.05) is 0 Å². The second-order valence-corrected chi connectivity index (χ2v) is 5.62. The molecule has 2 fully saturated rings. The first-order valence-electron chi connectivity index (χ1n) is 6.19. The Balaban J connectivity index is 1.95. The van der Waals surface area contributed by atoms with Crippen molar-refractivity contribution < 1.29 is 4.74 Å². The topological polar surface area (TPSA) is 24.5 Å². The largest absolute Gasteiger partial charge is 0.370 e. The quantitative estimate of drug-likeness (QED) is 0.708. The molecule has 0 saturated carbocycles. The van der Waals surface area contributed by atoms with Gasteiger partial charge >= 0.3 is 0 Å². The number of hydrogen-bond acceptors (Lipinski definition) is 3. The highest BCUT2D eigenvalue weighted by Crippen LogP contribution is 2.24. The van der Waals surface area contributed by atoms with Gasteiger partial charge in [-0.05, 0) is 40.2 Å². The number of ether oxygens (including phenoxy) is 1. The number of piperidine rings is 1. The maximum absolute atomic E-state index is 5.93. The lowest BCUT2D eigenvalue weighted by molar-refractivity contribution is -0.139. The average molecular weight is 212 g/mol. The summed E-state index contributed by atoms with van der Waals surface area (Å²) >= 11 is 0. The summed E-state index contributed by atoms with van der Waals surface area (Å²) in [4.78, 5) is 2.61. The first-order valence-corrected chi connectivity index (χ1v) is 6.19. The van der Waals surface area contributed by atoms with Crippen LogP contribution in [-0.4, -0.2) is 48.8 Å². The van der Waals surface area contributed by atoms with E-state index in [9.17, 15) is 0 Å². The Morgan fingerprint density at radius 2 is 2.20 bits per heavy atom. The molecule has 2 aliphatic rings. The summed E-state index contributed by atoms with van der Waals surface area (Å²) in [5.41, 5.74) is 0.0229. The van der Waals surface area contributed by atoms with Gasteiger partial charge in [0, 0.05) is 25.7 Å². The van der Waals surface area contributed by atoms with E-state index in [-0.39, 0.29) is 5.60 Å². The van der Waals surface area contributed by atoms with Crippen LogP contribution in [0, 0.1) is 0 Å². The van der Waals surface area contributed by atoms with E-state index < -0.39 is 0 Å². The third-order valence-corrected chi connectivity index (χ3v) is 3.38. The van der Waals surface area contributed by atoms with Crippen molar-refractivity contribution in [3.63, 3.8) is 0 Å². The fraction of sp³-hybridized carbons (Fsp3) is 1.00. The number of rotatable bonds is 1. The standard InChI is InChI=1S/C12H24N2O/c1-10-8-14(9-12(2,3)15-10)11-5-4-6-13-7-11/h10-11,13H,4-9H2,1-3H3. The van der Waals surface area contributed by atoms with Gasteiger partial charge < -0.3 is 10.1 Å².